The van der Waals surface area contributed by atoms with Gasteiger partial charge in [-0.3, -0.25) is 4.79 Å². The number of nitrogens with zero attached hydrogens (tertiary/aromatic N) is 1. The summed E-state index contributed by atoms with van der Waals surface area (Å²) < 4.78 is 11.1. The largest absolute Gasteiger partial charge is 0.494 e. The maximum Gasteiger partial charge on any atom is 0.260 e. The van der Waals surface area contributed by atoms with Crippen LogP contribution in [0.2, 0.25) is 0 Å². The Morgan fingerprint density at radius 3 is 2.57 bits per heavy atom. The van der Waals surface area contributed by atoms with Crippen LogP contribution in [-0.2, 0) is 4.79 Å². The first-order valence-corrected chi connectivity index (χ1v) is 7.63. The van der Waals surface area contributed by atoms with E-state index in [1.165, 1.54) is 0 Å². The number of rotatable bonds is 6. The third-order valence-corrected chi connectivity index (χ3v) is 3.35. The van der Waals surface area contributed by atoms with Crippen LogP contribution in [0.1, 0.15) is 19.8 Å². The summed E-state index contributed by atoms with van der Waals surface area (Å²) in [4.78, 5) is 13.9. The topological polar surface area (TPSA) is 50.8 Å². The van der Waals surface area contributed by atoms with Gasteiger partial charge in [0.15, 0.2) is 6.61 Å². The predicted molar refractivity (Wildman–Crippen MR) is 81.8 cm³/mol. The number of nitrogens with one attached hydrogen (secondary N) is 1. The first kappa shape index (κ1) is 15.6. The van der Waals surface area contributed by atoms with E-state index in [1.807, 2.05) is 29.2 Å². The van der Waals surface area contributed by atoms with Gasteiger partial charge < -0.3 is 19.7 Å². The van der Waals surface area contributed by atoms with Crippen molar-refractivity contribution < 1.29 is 14.3 Å². The summed E-state index contributed by atoms with van der Waals surface area (Å²) in [7, 11) is 0. The third kappa shape index (κ3) is 5.27. The minimum atomic E-state index is 0.0463. The van der Waals surface area contributed by atoms with Crippen LogP contribution in [0.5, 0.6) is 11.5 Å². The number of carbonyl (C=O) groups is 1. The van der Waals surface area contributed by atoms with Gasteiger partial charge in [-0.1, -0.05) is 6.92 Å². The van der Waals surface area contributed by atoms with E-state index >= 15 is 0 Å². The molecule has 1 aromatic carbocycles. The molecule has 2 rings (SSSR count). The number of amides is 1. The van der Waals surface area contributed by atoms with Crippen molar-refractivity contribution >= 4 is 5.91 Å². The fourth-order valence-corrected chi connectivity index (χ4v) is 2.18. The Hall–Kier alpha value is -1.75. The van der Waals surface area contributed by atoms with E-state index < -0.39 is 0 Å². The van der Waals surface area contributed by atoms with E-state index in [9.17, 15) is 4.79 Å². The van der Waals surface area contributed by atoms with Crippen molar-refractivity contribution in [3.63, 3.8) is 0 Å². The summed E-state index contributed by atoms with van der Waals surface area (Å²) in [6.07, 6.45) is 1.98. The summed E-state index contributed by atoms with van der Waals surface area (Å²) in [6, 6.07) is 7.40. The van der Waals surface area contributed by atoms with Crippen molar-refractivity contribution in [3.05, 3.63) is 24.3 Å². The molecule has 0 unspecified atom stereocenters. The van der Waals surface area contributed by atoms with Gasteiger partial charge in [-0.15, -0.1) is 0 Å². The SMILES string of the molecule is CCCOc1ccc(OCC(=O)N2CCCNCC2)cc1. The van der Waals surface area contributed by atoms with E-state index in [1.54, 1.807) is 0 Å². The van der Waals surface area contributed by atoms with Crippen molar-refractivity contribution in [2.24, 2.45) is 0 Å². The average molecular weight is 292 g/mol. The Bertz CT molecular complexity index is 426. The van der Waals surface area contributed by atoms with Crippen molar-refractivity contribution in [3.8, 4) is 11.5 Å². The fourth-order valence-electron chi connectivity index (χ4n) is 2.18. The zero-order valence-corrected chi connectivity index (χ0v) is 12.6. The average Bonchev–Trinajstić information content (AvgIpc) is 2.81. The van der Waals surface area contributed by atoms with Gasteiger partial charge in [-0.25, -0.2) is 0 Å². The van der Waals surface area contributed by atoms with Crippen LogP contribution in [0.3, 0.4) is 0 Å². The molecular formula is C16H24N2O3. The second-order valence-electron chi connectivity index (χ2n) is 5.09. The predicted octanol–water partition coefficient (Wildman–Crippen LogP) is 1.68. The van der Waals surface area contributed by atoms with Gasteiger partial charge in [0.25, 0.3) is 5.91 Å². The molecule has 0 aliphatic carbocycles. The minimum absolute atomic E-state index is 0.0463. The van der Waals surface area contributed by atoms with Crippen molar-refractivity contribution in [1.82, 2.24) is 10.2 Å². The molecule has 0 radical (unpaired) electrons. The molecule has 1 N–H and O–H groups in total. The van der Waals surface area contributed by atoms with Gasteiger partial charge in [0.05, 0.1) is 6.61 Å². The van der Waals surface area contributed by atoms with Gasteiger partial charge in [0, 0.05) is 19.6 Å². The highest BCUT2D eigenvalue weighted by Gasteiger charge is 2.15. The Balaban J connectivity index is 1.77. The standard InChI is InChI=1S/C16H24N2O3/c1-2-12-20-14-4-6-15(7-5-14)21-13-16(19)18-10-3-8-17-9-11-18/h4-7,17H,2-3,8-13H2,1H3. The summed E-state index contributed by atoms with van der Waals surface area (Å²) in [5.41, 5.74) is 0. The van der Waals surface area contributed by atoms with E-state index in [2.05, 4.69) is 12.2 Å². The zero-order valence-electron chi connectivity index (χ0n) is 12.6. The van der Waals surface area contributed by atoms with Crippen LogP contribution >= 0.6 is 0 Å². The van der Waals surface area contributed by atoms with Crippen LogP contribution in [0.15, 0.2) is 24.3 Å². The molecular weight excluding hydrogens is 268 g/mol. The van der Waals surface area contributed by atoms with Crippen molar-refractivity contribution in [1.29, 1.82) is 0 Å². The summed E-state index contributed by atoms with van der Waals surface area (Å²) >= 11 is 0. The lowest BCUT2D eigenvalue weighted by molar-refractivity contribution is -0.133. The van der Waals surface area contributed by atoms with Crippen molar-refractivity contribution in [2.75, 3.05) is 39.4 Å². The van der Waals surface area contributed by atoms with Crippen LogP contribution in [0.25, 0.3) is 0 Å². The molecule has 0 bridgehead atoms. The minimum Gasteiger partial charge on any atom is -0.494 e. The maximum atomic E-state index is 12.1. The lowest BCUT2D eigenvalue weighted by Gasteiger charge is -2.20. The molecule has 1 fully saturated rings. The second kappa shape index (κ2) is 8.52. The molecule has 1 aromatic rings. The smallest absolute Gasteiger partial charge is 0.260 e. The lowest BCUT2D eigenvalue weighted by Crippen LogP contribution is -2.37. The Morgan fingerprint density at radius 2 is 1.86 bits per heavy atom. The Labute approximate surface area is 126 Å². The molecule has 5 nitrogen and oxygen atoms in total. The Morgan fingerprint density at radius 1 is 1.14 bits per heavy atom. The molecule has 1 aliphatic heterocycles. The Kier molecular flexibility index (Phi) is 6.34. The monoisotopic (exact) mass is 292 g/mol. The van der Waals surface area contributed by atoms with E-state index in [0.717, 1.165) is 44.8 Å². The van der Waals surface area contributed by atoms with Gasteiger partial charge in [0.1, 0.15) is 11.5 Å². The molecule has 0 aromatic heterocycles. The molecule has 1 saturated heterocycles. The third-order valence-electron chi connectivity index (χ3n) is 3.35. The molecule has 1 heterocycles. The lowest BCUT2D eigenvalue weighted by atomic mass is 10.3. The molecule has 5 heteroatoms. The molecule has 0 spiro atoms. The van der Waals surface area contributed by atoms with Crippen LogP contribution < -0.4 is 14.8 Å². The van der Waals surface area contributed by atoms with E-state index in [4.69, 9.17) is 9.47 Å². The zero-order chi connectivity index (χ0) is 14.9. The first-order chi connectivity index (χ1) is 10.3. The summed E-state index contributed by atoms with van der Waals surface area (Å²) in [5.74, 6) is 1.57. The highest BCUT2D eigenvalue weighted by Crippen LogP contribution is 2.17. The normalized spacial score (nSPS) is 15.4. The summed E-state index contributed by atoms with van der Waals surface area (Å²) in [5, 5.41) is 3.28. The number of benzene rings is 1. The van der Waals surface area contributed by atoms with Crippen LogP contribution in [0, 0.1) is 0 Å². The van der Waals surface area contributed by atoms with Gasteiger partial charge in [-0.2, -0.15) is 0 Å². The number of hydrogen-bond donors (Lipinski definition) is 1. The number of carbonyl (C=O) groups excluding carboxylic acids is 1. The molecule has 116 valence electrons. The molecule has 1 amide bonds. The van der Waals surface area contributed by atoms with Crippen LogP contribution in [-0.4, -0.2) is 50.2 Å². The number of ether oxygens (including phenoxy) is 2. The quantitative estimate of drug-likeness (QED) is 0.866. The molecule has 21 heavy (non-hydrogen) atoms. The summed E-state index contributed by atoms with van der Waals surface area (Å²) in [6.45, 7) is 6.27. The highest BCUT2D eigenvalue weighted by atomic mass is 16.5. The van der Waals surface area contributed by atoms with Gasteiger partial charge in [0.2, 0.25) is 0 Å². The molecule has 0 atom stereocenters. The van der Waals surface area contributed by atoms with Crippen LogP contribution in [0.4, 0.5) is 0 Å². The van der Waals surface area contributed by atoms with E-state index in [-0.39, 0.29) is 12.5 Å². The fraction of sp³-hybridized carbons (Fsp3) is 0.562. The molecule has 1 aliphatic rings. The van der Waals surface area contributed by atoms with Gasteiger partial charge in [-0.05, 0) is 43.7 Å². The first-order valence-electron chi connectivity index (χ1n) is 7.63. The van der Waals surface area contributed by atoms with Crippen molar-refractivity contribution in [2.45, 2.75) is 19.8 Å². The van der Waals surface area contributed by atoms with E-state index in [0.29, 0.717) is 12.4 Å². The highest BCUT2D eigenvalue weighted by molar-refractivity contribution is 5.77. The van der Waals surface area contributed by atoms with Gasteiger partial charge >= 0.3 is 0 Å². The number of hydrogen-bond acceptors (Lipinski definition) is 4. The second-order valence-corrected chi connectivity index (χ2v) is 5.09. The maximum absolute atomic E-state index is 12.1. The molecule has 0 saturated carbocycles.